The Hall–Kier alpha value is -1.40. The van der Waals surface area contributed by atoms with E-state index in [1.54, 1.807) is 7.11 Å². The summed E-state index contributed by atoms with van der Waals surface area (Å²) in [4.78, 5) is 10.8. The number of aromatic nitrogens is 2. The highest BCUT2D eigenvalue weighted by atomic mass is 16.5. The molecule has 0 aliphatic carbocycles. The first-order chi connectivity index (χ1) is 8.74. The van der Waals surface area contributed by atoms with Gasteiger partial charge >= 0.3 is 0 Å². The molecule has 0 aliphatic rings. The second-order valence-corrected chi connectivity index (χ2v) is 3.79. The average molecular weight is 254 g/mol. The average Bonchev–Trinajstić information content (AvgIpc) is 2.36. The molecule has 1 aromatic rings. The molecule has 0 aliphatic heterocycles. The molecule has 0 radical (unpaired) electrons. The Kier molecular flexibility index (Phi) is 6.38. The molecule has 0 amide bonds. The number of aliphatic hydroxyl groups is 1. The monoisotopic (exact) mass is 254 g/mol. The van der Waals surface area contributed by atoms with Crippen LogP contribution in [0.25, 0.3) is 0 Å². The Labute approximate surface area is 108 Å². The number of aliphatic hydroxyl groups excluding tert-OH is 1. The third-order valence-electron chi connectivity index (χ3n) is 2.47. The predicted octanol–water partition coefficient (Wildman–Crippen LogP) is 0.873. The van der Waals surface area contributed by atoms with Crippen LogP contribution in [-0.4, -0.2) is 48.4 Å². The van der Waals surface area contributed by atoms with Gasteiger partial charge in [0.25, 0.3) is 0 Å². The highest BCUT2D eigenvalue weighted by molar-refractivity contribution is 5.49. The van der Waals surface area contributed by atoms with E-state index in [1.807, 2.05) is 24.8 Å². The summed E-state index contributed by atoms with van der Waals surface area (Å²) in [6.45, 7) is 6.68. The van der Waals surface area contributed by atoms with Crippen LogP contribution in [0, 0.1) is 0 Å². The predicted molar refractivity (Wildman–Crippen MR) is 71.9 cm³/mol. The van der Waals surface area contributed by atoms with E-state index in [-0.39, 0.29) is 6.61 Å². The first kappa shape index (κ1) is 14.7. The van der Waals surface area contributed by atoms with Gasteiger partial charge in [-0.1, -0.05) is 0 Å². The minimum absolute atomic E-state index is 0.105. The van der Waals surface area contributed by atoms with Crippen molar-refractivity contribution < 1.29 is 9.84 Å². The fourth-order valence-corrected chi connectivity index (χ4v) is 1.67. The van der Waals surface area contributed by atoms with Gasteiger partial charge < -0.3 is 20.1 Å². The van der Waals surface area contributed by atoms with Gasteiger partial charge in [0.1, 0.15) is 18.2 Å². The van der Waals surface area contributed by atoms with Crippen molar-refractivity contribution in [1.29, 1.82) is 0 Å². The van der Waals surface area contributed by atoms with E-state index in [4.69, 9.17) is 9.84 Å². The normalized spacial score (nSPS) is 10.4. The largest absolute Gasteiger partial charge is 0.395 e. The molecule has 1 heterocycles. The van der Waals surface area contributed by atoms with E-state index in [0.717, 1.165) is 24.7 Å². The number of anilines is 2. The maximum atomic E-state index is 9.05. The number of methoxy groups -OCH3 is 1. The standard InChI is InChI=1S/C12H22N4O2/c1-4-13-10-8-12(16(5-2)6-7-17)15-11(14-10)9-18-3/h8,17H,4-7,9H2,1-3H3,(H,13,14,15). The number of hydrogen-bond acceptors (Lipinski definition) is 6. The van der Waals surface area contributed by atoms with E-state index >= 15 is 0 Å². The van der Waals surface area contributed by atoms with Crippen LogP contribution >= 0.6 is 0 Å². The van der Waals surface area contributed by atoms with Crippen LogP contribution in [0.4, 0.5) is 11.6 Å². The van der Waals surface area contributed by atoms with Gasteiger partial charge in [-0.3, -0.25) is 0 Å². The molecule has 2 N–H and O–H groups in total. The van der Waals surface area contributed by atoms with E-state index in [0.29, 0.717) is 19.0 Å². The lowest BCUT2D eigenvalue weighted by Crippen LogP contribution is -2.27. The van der Waals surface area contributed by atoms with Crippen LogP contribution in [0.15, 0.2) is 6.07 Å². The quantitative estimate of drug-likeness (QED) is 0.717. The van der Waals surface area contributed by atoms with E-state index < -0.39 is 0 Å². The number of nitrogens with zero attached hydrogens (tertiary/aromatic N) is 3. The van der Waals surface area contributed by atoms with E-state index in [9.17, 15) is 0 Å². The van der Waals surface area contributed by atoms with Gasteiger partial charge in [0, 0.05) is 32.8 Å². The summed E-state index contributed by atoms with van der Waals surface area (Å²) in [7, 11) is 1.62. The molecule has 0 saturated heterocycles. The summed E-state index contributed by atoms with van der Waals surface area (Å²) in [5.74, 6) is 2.23. The lowest BCUT2D eigenvalue weighted by molar-refractivity contribution is 0.178. The van der Waals surface area contributed by atoms with Crippen molar-refractivity contribution in [3.8, 4) is 0 Å². The SMILES string of the molecule is CCNc1cc(N(CC)CCO)nc(COC)n1. The Balaban J connectivity index is 2.99. The summed E-state index contributed by atoms with van der Waals surface area (Å²) in [5.41, 5.74) is 0. The highest BCUT2D eigenvalue weighted by Crippen LogP contribution is 2.16. The fourth-order valence-electron chi connectivity index (χ4n) is 1.67. The maximum Gasteiger partial charge on any atom is 0.158 e. The first-order valence-electron chi connectivity index (χ1n) is 6.21. The third kappa shape index (κ3) is 4.12. The third-order valence-corrected chi connectivity index (χ3v) is 2.47. The number of nitrogens with one attached hydrogen (secondary N) is 1. The van der Waals surface area contributed by atoms with Crippen LogP contribution in [0.1, 0.15) is 19.7 Å². The fraction of sp³-hybridized carbons (Fsp3) is 0.667. The van der Waals surface area contributed by atoms with E-state index in [2.05, 4.69) is 15.3 Å². The van der Waals surface area contributed by atoms with Crippen molar-refractivity contribution in [2.24, 2.45) is 0 Å². The molecule has 1 rings (SSSR count). The molecule has 0 bridgehead atoms. The van der Waals surface area contributed by atoms with Crippen molar-refractivity contribution >= 4 is 11.6 Å². The van der Waals surface area contributed by atoms with Gasteiger partial charge in [-0.2, -0.15) is 0 Å². The molecule has 0 aromatic carbocycles. The van der Waals surface area contributed by atoms with Crippen LogP contribution in [0.5, 0.6) is 0 Å². The highest BCUT2D eigenvalue weighted by Gasteiger charge is 2.09. The second-order valence-electron chi connectivity index (χ2n) is 3.79. The molecule has 0 fully saturated rings. The Bertz CT molecular complexity index is 336. The molecular weight excluding hydrogens is 232 g/mol. The maximum absolute atomic E-state index is 9.05. The van der Waals surface area contributed by atoms with Gasteiger partial charge in [-0.25, -0.2) is 9.97 Å². The summed E-state index contributed by atoms with van der Waals surface area (Å²) in [6, 6.07) is 1.89. The molecule has 6 nitrogen and oxygen atoms in total. The van der Waals surface area contributed by atoms with Gasteiger partial charge in [-0.15, -0.1) is 0 Å². The van der Waals surface area contributed by atoms with Crippen LogP contribution < -0.4 is 10.2 Å². The van der Waals surface area contributed by atoms with Gasteiger partial charge in [0.2, 0.25) is 0 Å². The van der Waals surface area contributed by atoms with Crippen molar-refractivity contribution in [1.82, 2.24) is 9.97 Å². The number of hydrogen-bond donors (Lipinski definition) is 2. The zero-order valence-electron chi connectivity index (χ0n) is 11.3. The Morgan fingerprint density at radius 2 is 2.17 bits per heavy atom. The van der Waals surface area contributed by atoms with Crippen LogP contribution in [-0.2, 0) is 11.3 Å². The summed E-state index contributed by atoms with van der Waals surface area (Å²) in [5, 5.41) is 12.2. The summed E-state index contributed by atoms with van der Waals surface area (Å²) in [6.07, 6.45) is 0. The lowest BCUT2D eigenvalue weighted by Gasteiger charge is -2.21. The molecule has 1 aromatic heterocycles. The van der Waals surface area contributed by atoms with Crippen molar-refractivity contribution in [2.45, 2.75) is 20.5 Å². The molecule has 0 unspecified atom stereocenters. The molecule has 18 heavy (non-hydrogen) atoms. The van der Waals surface area contributed by atoms with E-state index in [1.165, 1.54) is 0 Å². The Morgan fingerprint density at radius 3 is 2.72 bits per heavy atom. The van der Waals surface area contributed by atoms with Crippen molar-refractivity contribution in [3.63, 3.8) is 0 Å². The van der Waals surface area contributed by atoms with Gasteiger partial charge in [-0.05, 0) is 13.8 Å². The minimum Gasteiger partial charge on any atom is -0.395 e. The van der Waals surface area contributed by atoms with Gasteiger partial charge in [0.05, 0.1) is 6.61 Å². The zero-order chi connectivity index (χ0) is 13.4. The second kappa shape index (κ2) is 7.84. The molecular formula is C12H22N4O2. The minimum atomic E-state index is 0.105. The summed E-state index contributed by atoms with van der Waals surface area (Å²) < 4.78 is 5.07. The summed E-state index contributed by atoms with van der Waals surface area (Å²) >= 11 is 0. The van der Waals surface area contributed by atoms with Crippen molar-refractivity contribution in [3.05, 3.63) is 11.9 Å². The molecule has 0 atom stereocenters. The Morgan fingerprint density at radius 1 is 1.39 bits per heavy atom. The molecule has 6 heteroatoms. The van der Waals surface area contributed by atoms with Crippen molar-refractivity contribution in [2.75, 3.05) is 43.6 Å². The molecule has 0 spiro atoms. The van der Waals surface area contributed by atoms with Crippen LogP contribution in [0.3, 0.4) is 0 Å². The zero-order valence-corrected chi connectivity index (χ0v) is 11.3. The molecule has 102 valence electrons. The number of ether oxygens (including phenoxy) is 1. The number of likely N-dealkylation sites (N-methyl/N-ethyl adjacent to an activating group) is 1. The smallest absolute Gasteiger partial charge is 0.158 e. The topological polar surface area (TPSA) is 70.5 Å². The number of rotatable bonds is 8. The van der Waals surface area contributed by atoms with Gasteiger partial charge in [0.15, 0.2) is 5.82 Å². The lowest BCUT2D eigenvalue weighted by atomic mass is 10.4. The van der Waals surface area contributed by atoms with Crippen LogP contribution in [0.2, 0.25) is 0 Å². The first-order valence-corrected chi connectivity index (χ1v) is 6.21. The molecule has 0 saturated carbocycles.